The summed E-state index contributed by atoms with van der Waals surface area (Å²) in [5, 5.41) is 0. The van der Waals surface area contributed by atoms with E-state index in [1.807, 2.05) is 0 Å². The van der Waals surface area contributed by atoms with Crippen molar-refractivity contribution in [3.8, 4) is 0 Å². The van der Waals surface area contributed by atoms with Gasteiger partial charge in [-0.25, -0.2) is 19.0 Å². The van der Waals surface area contributed by atoms with Crippen molar-refractivity contribution in [3.05, 3.63) is 0 Å². The van der Waals surface area contributed by atoms with E-state index in [2.05, 4.69) is 20.8 Å². The van der Waals surface area contributed by atoms with E-state index in [4.69, 9.17) is 0 Å². The zero-order valence-corrected chi connectivity index (χ0v) is 16.2. The minimum atomic E-state index is 0. The molecule has 0 nitrogen and oxygen atoms in total. The van der Waals surface area contributed by atoms with Crippen molar-refractivity contribution in [1.82, 2.24) is 0 Å². The Morgan fingerprint density at radius 3 is 1.06 bits per heavy atom. The van der Waals surface area contributed by atoms with Gasteiger partial charge in [-0.05, 0) is 0 Å². The molecule has 0 heterocycles. The molecular formula is C15H33BK. The second-order valence-corrected chi connectivity index (χ2v) is 5.35. The first-order valence-corrected chi connectivity index (χ1v) is 7.85. The van der Waals surface area contributed by atoms with Gasteiger partial charge < -0.3 is 0 Å². The van der Waals surface area contributed by atoms with Crippen LogP contribution in [0.4, 0.5) is 0 Å². The van der Waals surface area contributed by atoms with Crippen LogP contribution in [0.1, 0.15) is 78.6 Å². The monoisotopic (exact) mass is 263 g/mol. The van der Waals surface area contributed by atoms with E-state index in [9.17, 15) is 0 Å². The molecule has 0 aliphatic heterocycles. The maximum Gasteiger partial charge on any atom is 1.00 e. The van der Waals surface area contributed by atoms with Crippen LogP contribution < -0.4 is 51.4 Å². The SMILES string of the molecule is CCCCC[B-](CCCCC)CCCCC.[K+]. The van der Waals surface area contributed by atoms with Gasteiger partial charge in [0.15, 0.2) is 0 Å². The summed E-state index contributed by atoms with van der Waals surface area (Å²) in [4.78, 5) is 0. The molecule has 0 unspecified atom stereocenters. The van der Waals surface area contributed by atoms with E-state index in [1.54, 1.807) is 0 Å². The molecule has 0 rings (SSSR count). The average Bonchev–Trinajstić information content (AvgIpc) is 2.29. The van der Waals surface area contributed by atoms with Crippen LogP contribution in [0.15, 0.2) is 0 Å². The Bertz CT molecular complexity index is 104. The predicted octanol–water partition coefficient (Wildman–Crippen LogP) is 3.06. The van der Waals surface area contributed by atoms with Crippen LogP contribution in [-0.2, 0) is 0 Å². The zero-order chi connectivity index (χ0) is 12.1. The summed E-state index contributed by atoms with van der Waals surface area (Å²) in [5.41, 5.74) is 0. The summed E-state index contributed by atoms with van der Waals surface area (Å²) < 4.78 is 0. The summed E-state index contributed by atoms with van der Waals surface area (Å²) in [6.07, 6.45) is 17.4. The summed E-state index contributed by atoms with van der Waals surface area (Å²) in [5.74, 6) is 0. The van der Waals surface area contributed by atoms with Crippen LogP contribution in [0.2, 0.25) is 19.0 Å². The Labute approximate surface area is 154 Å². The first-order valence-electron chi connectivity index (χ1n) is 7.85. The molecule has 0 aromatic carbocycles. The van der Waals surface area contributed by atoms with Crippen molar-refractivity contribution < 1.29 is 51.4 Å². The van der Waals surface area contributed by atoms with E-state index in [0.717, 1.165) is 6.71 Å². The van der Waals surface area contributed by atoms with Crippen LogP contribution in [0.25, 0.3) is 0 Å². The largest absolute Gasteiger partial charge is 1.00 e. The molecule has 0 aromatic heterocycles. The van der Waals surface area contributed by atoms with Gasteiger partial charge in [0, 0.05) is 0 Å². The van der Waals surface area contributed by atoms with Gasteiger partial charge in [-0.2, -0.15) is 0 Å². The fourth-order valence-corrected chi connectivity index (χ4v) is 2.48. The maximum absolute atomic E-state index is 2.31. The number of hydrogen-bond donors (Lipinski definition) is 0. The summed E-state index contributed by atoms with van der Waals surface area (Å²) in [7, 11) is 0. The molecule has 17 heavy (non-hydrogen) atoms. The second kappa shape index (κ2) is 17.7. The van der Waals surface area contributed by atoms with Gasteiger partial charge in [0.05, 0.1) is 0 Å². The van der Waals surface area contributed by atoms with Crippen molar-refractivity contribution in [2.45, 2.75) is 97.5 Å². The van der Waals surface area contributed by atoms with Crippen molar-refractivity contribution in [2.75, 3.05) is 0 Å². The average molecular weight is 263 g/mol. The molecule has 0 saturated heterocycles. The summed E-state index contributed by atoms with van der Waals surface area (Å²) in [6.45, 7) is 7.97. The molecule has 0 amide bonds. The minimum absolute atomic E-state index is 0. The molecule has 0 aliphatic carbocycles. The first kappa shape index (κ1) is 21.0. The van der Waals surface area contributed by atoms with Crippen molar-refractivity contribution in [3.63, 3.8) is 0 Å². The molecule has 0 N–H and O–H groups in total. The quantitative estimate of drug-likeness (QED) is 0.375. The van der Waals surface area contributed by atoms with Gasteiger partial charge in [-0.1, -0.05) is 78.6 Å². The number of unbranched alkanes of at least 4 members (excludes halogenated alkanes) is 6. The molecule has 0 aliphatic rings. The number of hydrogen-bond acceptors (Lipinski definition) is 0. The normalized spacial score (nSPS) is 10.6. The Morgan fingerprint density at radius 2 is 0.824 bits per heavy atom. The molecular weight excluding hydrogens is 230 g/mol. The van der Waals surface area contributed by atoms with E-state index < -0.39 is 0 Å². The number of rotatable bonds is 12. The topological polar surface area (TPSA) is 0 Å². The molecule has 0 bridgehead atoms. The van der Waals surface area contributed by atoms with Gasteiger partial charge in [-0.3, -0.25) is 0 Å². The van der Waals surface area contributed by atoms with Gasteiger partial charge in [0.25, 0.3) is 0 Å². The summed E-state index contributed by atoms with van der Waals surface area (Å²) >= 11 is 0. The van der Waals surface area contributed by atoms with Crippen LogP contribution in [-0.4, -0.2) is 6.71 Å². The Hall–Kier alpha value is 1.70. The molecule has 2 heteroatoms. The fourth-order valence-electron chi connectivity index (χ4n) is 2.48. The van der Waals surface area contributed by atoms with Gasteiger partial charge in [-0.15, -0.1) is 6.71 Å². The molecule has 0 fully saturated rings. The standard InChI is InChI=1S/C15H33B.K/c1-4-7-10-13-16(14-11-8-5-2)15-12-9-6-3;/h4-15H2,1-3H3;/q-1;+1. The third-order valence-corrected chi connectivity index (χ3v) is 3.65. The predicted molar refractivity (Wildman–Crippen MR) is 78.8 cm³/mol. The van der Waals surface area contributed by atoms with Gasteiger partial charge in [0.1, 0.15) is 0 Å². The van der Waals surface area contributed by atoms with Crippen LogP contribution >= 0.6 is 0 Å². The molecule has 97 valence electrons. The van der Waals surface area contributed by atoms with Gasteiger partial charge in [0.2, 0.25) is 0 Å². The Balaban J connectivity index is 0. The van der Waals surface area contributed by atoms with E-state index >= 15 is 0 Å². The molecule has 0 spiro atoms. The third kappa shape index (κ3) is 15.6. The third-order valence-electron chi connectivity index (χ3n) is 3.65. The van der Waals surface area contributed by atoms with E-state index in [1.165, 1.54) is 76.7 Å². The molecule has 0 atom stereocenters. The molecule has 0 saturated carbocycles. The van der Waals surface area contributed by atoms with Crippen molar-refractivity contribution in [1.29, 1.82) is 0 Å². The van der Waals surface area contributed by atoms with Crippen LogP contribution in [0.5, 0.6) is 0 Å². The molecule has 0 aromatic rings. The summed E-state index contributed by atoms with van der Waals surface area (Å²) in [6, 6.07) is 0. The zero-order valence-electron chi connectivity index (χ0n) is 13.1. The van der Waals surface area contributed by atoms with Crippen LogP contribution in [0.3, 0.4) is 0 Å². The fraction of sp³-hybridized carbons (Fsp3) is 1.00. The van der Waals surface area contributed by atoms with Crippen molar-refractivity contribution >= 4 is 6.71 Å². The van der Waals surface area contributed by atoms with Crippen molar-refractivity contribution in [2.24, 2.45) is 0 Å². The van der Waals surface area contributed by atoms with Gasteiger partial charge >= 0.3 is 51.4 Å². The van der Waals surface area contributed by atoms with E-state index in [0.29, 0.717) is 0 Å². The Kier molecular flexibility index (Phi) is 21.9. The van der Waals surface area contributed by atoms with E-state index in [-0.39, 0.29) is 51.4 Å². The maximum atomic E-state index is 2.31. The van der Waals surface area contributed by atoms with Crippen LogP contribution in [0, 0.1) is 0 Å². The molecule has 1 radical (unpaired) electrons. The Morgan fingerprint density at radius 1 is 0.529 bits per heavy atom. The first-order chi connectivity index (χ1) is 7.85. The minimum Gasteiger partial charge on any atom is -0.208 e. The smallest absolute Gasteiger partial charge is 0.208 e. The second-order valence-electron chi connectivity index (χ2n) is 5.35.